The van der Waals surface area contributed by atoms with Gasteiger partial charge in [0.1, 0.15) is 40.9 Å². The van der Waals surface area contributed by atoms with Gasteiger partial charge in [0.05, 0.1) is 17.3 Å². The minimum Gasteiger partial charge on any atom is -0.382 e. The monoisotopic (exact) mass is 441 g/mol. The van der Waals surface area contributed by atoms with Gasteiger partial charge in [-0.3, -0.25) is 4.79 Å². The number of aromatic nitrogens is 3. The molecule has 9 heteroatoms. The molecule has 2 aromatic heterocycles. The van der Waals surface area contributed by atoms with Gasteiger partial charge in [-0.05, 0) is 24.6 Å². The van der Waals surface area contributed by atoms with Crippen LogP contribution < -0.4 is 16.4 Å². The molecule has 0 saturated carbocycles. The number of carbonyl (C=O) groups excluding carboxylic acids is 1. The summed E-state index contributed by atoms with van der Waals surface area (Å²) in [6.45, 7) is 2.06. The number of anilines is 2. The zero-order valence-electron chi connectivity index (χ0n) is 17.7. The van der Waals surface area contributed by atoms with Crippen LogP contribution in [0, 0.1) is 17.1 Å². The topological polar surface area (TPSA) is 130 Å². The molecule has 0 aliphatic carbocycles. The second-order valence-electron chi connectivity index (χ2n) is 7.36. The number of nitriles is 1. The lowest BCUT2D eigenvalue weighted by Gasteiger charge is -2.19. The normalized spacial score (nSPS) is 11.5. The summed E-state index contributed by atoms with van der Waals surface area (Å²) in [5, 5.41) is 15.8. The van der Waals surface area contributed by atoms with Crippen molar-refractivity contribution in [1.82, 2.24) is 20.3 Å². The van der Waals surface area contributed by atoms with Crippen LogP contribution in [0.1, 0.15) is 40.1 Å². The lowest BCUT2D eigenvalue weighted by atomic mass is 10.0. The molecule has 4 aromatic rings. The molecule has 0 aliphatic rings. The summed E-state index contributed by atoms with van der Waals surface area (Å²) in [5.74, 6) is -0.630. The van der Waals surface area contributed by atoms with E-state index >= 15 is 0 Å². The lowest BCUT2D eigenvalue weighted by Crippen LogP contribution is -2.26. The molecule has 0 bridgehead atoms. The maximum Gasteiger partial charge on any atom is 0.253 e. The summed E-state index contributed by atoms with van der Waals surface area (Å²) in [4.78, 5) is 25.5. The number of amides is 1. The van der Waals surface area contributed by atoms with E-state index in [0.29, 0.717) is 17.6 Å². The van der Waals surface area contributed by atoms with Gasteiger partial charge in [0.2, 0.25) is 0 Å². The molecule has 0 saturated heterocycles. The van der Waals surface area contributed by atoms with Crippen molar-refractivity contribution in [2.24, 2.45) is 0 Å². The van der Waals surface area contributed by atoms with Crippen molar-refractivity contribution < 1.29 is 9.18 Å². The summed E-state index contributed by atoms with van der Waals surface area (Å²) < 4.78 is 14.5. The summed E-state index contributed by atoms with van der Waals surface area (Å²) in [7, 11) is 0. The third kappa shape index (κ3) is 4.55. The fraction of sp³-hybridized carbons (Fsp3) is 0.125. The van der Waals surface area contributed by atoms with Gasteiger partial charge in [0, 0.05) is 11.9 Å². The number of rotatable bonds is 6. The van der Waals surface area contributed by atoms with E-state index in [1.165, 1.54) is 12.4 Å². The highest BCUT2D eigenvalue weighted by atomic mass is 19.1. The number of para-hydroxylation sites is 1. The molecule has 164 valence electrons. The van der Waals surface area contributed by atoms with E-state index in [-0.39, 0.29) is 34.2 Å². The number of pyridine rings is 1. The second-order valence-corrected chi connectivity index (χ2v) is 7.36. The molecule has 8 nitrogen and oxygen atoms in total. The fourth-order valence-electron chi connectivity index (χ4n) is 3.45. The summed E-state index contributed by atoms with van der Waals surface area (Å²) >= 11 is 0. The Morgan fingerprint density at radius 1 is 1.18 bits per heavy atom. The van der Waals surface area contributed by atoms with Crippen LogP contribution in [0.2, 0.25) is 0 Å². The van der Waals surface area contributed by atoms with Gasteiger partial charge in [-0.2, -0.15) is 5.26 Å². The number of hydrogen-bond acceptors (Lipinski definition) is 7. The van der Waals surface area contributed by atoms with E-state index in [0.717, 1.165) is 5.56 Å². The number of benzene rings is 2. The van der Waals surface area contributed by atoms with Gasteiger partial charge in [-0.25, -0.2) is 19.3 Å². The largest absolute Gasteiger partial charge is 0.382 e. The average molecular weight is 441 g/mol. The molecule has 2 aromatic carbocycles. The van der Waals surface area contributed by atoms with Crippen LogP contribution in [0.5, 0.6) is 0 Å². The van der Waals surface area contributed by atoms with Crippen LogP contribution in [0.4, 0.5) is 16.0 Å². The molecular formula is C24H20FN7O. The lowest BCUT2D eigenvalue weighted by molar-refractivity contribution is 0.0949. The average Bonchev–Trinajstić information content (AvgIpc) is 2.83. The van der Waals surface area contributed by atoms with Gasteiger partial charge in [-0.1, -0.05) is 42.5 Å². The van der Waals surface area contributed by atoms with E-state index in [2.05, 4.69) is 25.6 Å². The summed E-state index contributed by atoms with van der Waals surface area (Å²) in [6.07, 6.45) is 1.23. The Bertz CT molecular complexity index is 1370. The molecule has 0 radical (unpaired) electrons. The molecule has 4 rings (SSSR count). The van der Waals surface area contributed by atoms with Crippen molar-refractivity contribution in [2.45, 2.75) is 19.5 Å². The van der Waals surface area contributed by atoms with Crippen LogP contribution >= 0.6 is 0 Å². The number of nitrogens with zero attached hydrogens (tertiary/aromatic N) is 4. The van der Waals surface area contributed by atoms with Crippen molar-refractivity contribution >= 4 is 28.4 Å². The molecule has 33 heavy (non-hydrogen) atoms. The Morgan fingerprint density at radius 3 is 2.73 bits per heavy atom. The Kier molecular flexibility index (Phi) is 6.09. The quantitative estimate of drug-likeness (QED) is 0.416. The minimum atomic E-state index is -0.604. The Balaban J connectivity index is 1.72. The zero-order valence-corrected chi connectivity index (χ0v) is 17.7. The van der Waals surface area contributed by atoms with Crippen molar-refractivity contribution in [3.05, 3.63) is 89.1 Å². The fourth-order valence-corrected chi connectivity index (χ4v) is 3.45. The van der Waals surface area contributed by atoms with Crippen molar-refractivity contribution in [3.8, 4) is 6.07 Å². The molecule has 2 heterocycles. The third-order valence-electron chi connectivity index (χ3n) is 5.12. The number of nitrogens with two attached hydrogens (primary N) is 1. The Labute approximate surface area is 189 Å². The standard InChI is InChI=1S/C24H20FN7O/c1-14(31-23-18(11-26)22(27)29-13-30-23)20-17(10-16-8-5-9-19(25)21(16)32-20)24(33)28-12-15-6-3-2-4-7-15/h2-10,13-14H,12H2,1H3,(H,28,33)(H3,27,29,30,31). The molecule has 0 fully saturated rings. The highest BCUT2D eigenvalue weighted by Gasteiger charge is 2.22. The predicted octanol–water partition coefficient (Wildman–Crippen LogP) is 3.72. The van der Waals surface area contributed by atoms with Crippen LogP contribution in [-0.4, -0.2) is 20.9 Å². The second kappa shape index (κ2) is 9.28. The molecule has 1 unspecified atom stereocenters. The molecule has 1 amide bonds. The van der Waals surface area contributed by atoms with Gasteiger partial charge in [0.15, 0.2) is 0 Å². The molecular weight excluding hydrogens is 421 g/mol. The number of fused-ring (bicyclic) bond motifs is 1. The molecule has 4 N–H and O–H groups in total. The van der Waals surface area contributed by atoms with Crippen LogP contribution in [0.15, 0.2) is 60.9 Å². The number of nitrogens with one attached hydrogen (secondary N) is 2. The molecule has 1 atom stereocenters. The number of halogens is 1. The Morgan fingerprint density at radius 2 is 1.97 bits per heavy atom. The Hall–Kier alpha value is -4.58. The van der Waals surface area contributed by atoms with Crippen LogP contribution in [0.25, 0.3) is 10.9 Å². The van der Waals surface area contributed by atoms with E-state index in [9.17, 15) is 14.4 Å². The van der Waals surface area contributed by atoms with E-state index in [1.807, 2.05) is 36.4 Å². The number of carbonyl (C=O) groups is 1. The van der Waals surface area contributed by atoms with Gasteiger partial charge in [-0.15, -0.1) is 0 Å². The predicted molar refractivity (Wildman–Crippen MR) is 123 cm³/mol. The smallest absolute Gasteiger partial charge is 0.253 e. The molecule has 0 spiro atoms. The van der Waals surface area contributed by atoms with Crippen molar-refractivity contribution in [2.75, 3.05) is 11.1 Å². The SMILES string of the molecule is CC(Nc1ncnc(N)c1C#N)c1nc2c(F)cccc2cc1C(=O)NCc1ccccc1. The molecule has 0 aliphatic heterocycles. The highest BCUT2D eigenvalue weighted by molar-refractivity contribution is 5.99. The van der Waals surface area contributed by atoms with E-state index in [1.54, 1.807) is 25.1 Å². The maximum absolute atomic E-state index is 14.5. The first-order valence-electron chi connectivity index (χ1n) is 10.2. The van der Waals surface area contributed by atoms with E-state index < -0.39 is 11.9 Å². The van der Waals surface area contributed by atoms with Gasteiger partial charge >= 0.3 is 0 Å². The number of nitrogen functional groups attached to an aromatic ring is 1. The summed E-state index contributed by atoms with van der Waals surface area (Å²) in [5.41, 5.74) is 7.51. The minimum absolute atomic E-state index is 0.0283. The van der Waals surface area contributed by atoms with Gasteiger partial charge in [0.25, 0.3) is 5.91 Å². The summed E-state index contributed by atoms with van der Waals surface area (Å²) in [6, 6.07) is 17.0. The highest BCUT2D eigenvalue weighted by Crippen LogP contribution is 2.27. The first kappa shape index (κ1) is 21.6. The van der Waals surface area contributed by atoms with Crippen LogP contribution in [0.3, 0.4) is 0 Å². The van der Waals surface area contributed by atoms with E-state index in [4.69, 9.17) is 5.73 Å². The number of hydrogen-bond donors (Lipinski definition) is 3. The van der Waals surface area contributed by atoms with Crippen LogP contribution in [-0.2, 0) is 6.54 Å². The maximum atomic E-state index is 14.5. The zero-order chi connectivity index (χ0) is 23.4. The first-order chi connectivity index (χ1) is 16.0. The van der Waals surface area contributed by atoms with Crippen molar-refractivity contribution in [1.29, 1.82) is 5.26 Å². The first-order valence-corrected chi connectivity index (χ1v) is 10.2. The van der Waals surface area contributed by atoms with Gasteiger partial charge < -0.3 is 16.4 Å². The third-order valence-corrected chi connectivity index (χ3v) is 5.12. The van der Waals surface area contributed by atoms with Crippen molar-refractivity contribution in [3.63, 3.8) is 0 Å².